The fourth-order valence-electron chi connectivity index (χ4n) is 3.16. The van der Waals surface area contributed by atoms with Crippen molar-refractivity contribution in [3.63, 3.8) is 0 Å². The van der Waals surface area contributed by atoms with Crippen molar-refractivity contribution >= 4 is 38.3 Å². The van der Waals surface area contributed by atoms with E-state index < -0.39 is 0 Å². The number of benzene rings is 2. The fraction of sp³-hybridized carbons (Fsp3) is 0.0476. The van der Waals surface area contributed by atoms with Gasteiger partial charge in [-0.1, -0.05) is 29.5 Å². The van der Waals surface area contributed by atoms with Crippen molar-refractivity contribution in [3.05, 3.63) is 86.0 Å². The van der Waals surface area contributed by atoms with Gasteiger partial charge in [0.2, 0.25) is 4.96 Å². The van der Waals surface area contributed by atoms with Gasteiger partial charge in [0.15, 0.2) is 0 Å². The molecular weight excluding hydrogens is 466 g/mol. The Bertz CT molecular complexity index is 1470. The summed E-state index contributed by atoms with van der Waals surface area (Å²) in [5, 5.41) is 8.79. The van der Waals surface area contributed by atoms with Gasteiger partial charge in [-0.25, -0.2) is 9.67 Å². The van der Waals surface area contributed by atoms with Crippen molar-refractivity contribution in [2.75, 3.05) is 7.11 Å². The van der Waals surface area contributed by atoms with Crippen LogP contribution < -0.4 is 14.8 Å². The van der Waals surface area contributed by atoms with Crippen molar-refractivity contribution < 1.29 is 4.74 Å². The third kappa shape index (κ3) is 3.21. The number of aromatic nitrogens is 5. The minimum Gasteiger partial charge on any atom is -0.496 e. The third-order valence-electron chi connectivity index (χ3n) is 4.60. The zero-order chi connectivity index (χ0) is 20.7. The third-order valence-corrected chi connectivity index (χ3v) is 6.19. The molecule has 3 heterocycles. The van der Waals surface area contributed by atoms with Gasteiger partial charge in [0.05, 0.1) is 21.8 Å². The standard InChI is InChI=1S/C21H14BrN5O2S/c1-29-17-8-7-13(9-16(17)22)19-14(11-26(25-19)15-5-3-2-4-6-15)10-18-20(28)27-21(30-18)23-12-24-27/h2-12H,1H3/b18-10-. The summed E-state index contributed by atoms with van der Waals surface area (Å²) in [7, 11) is 1.63. The van der Waals surface area contributed by atoms with E-state index in [0.717, 1.165) is 32.7 Å². The van der Waals surface area contributed by atoms with Crippen LogP contribution in [0.25, 0.3) is 28.0 Å². The number of hydrogen-bond donors (Lipinski definition) is 0. The van der Waals surface area contributed by atoms with E-state index in [2.05, 4.69) is 26.0 Å². The molecule has 3 aromatic heterocycles. The van der Waals surface area contributed by atoms with Crippen LogP contribution in [0.4, 0.5) is 0 Å². The van der Waals surface area contributed by atoms with E-state index in [1.54, 1.807) is 11.8 Å². The number of methoxy groups -OCH3 is 1. The Hall–Kier alpha value is -3.30. The fourth-order valence-corrected chi connectivity index (χ4v) is 4.58. The van der Waals surface area contributed by atoms with Gasteiger partial charge in [-0.2, -0.15) is 14.7 Å². The minimum atomic E-state index is -0.193. The molecule has 0 unspecified atom stereocenters. The Morgan fingerprint density at radius 2 is 2.00 bits per heavy atom. The molecule has 0 amide bonds. The molecule has 0 atom stereocenters. The molecule has 0 aliphatic heterocycles. The summed E-state index contributed by atoms with van der Waals surface area (Å²) in [6, 6.07) is 15.6. The first-order valence-electron chi connectivity index (χ1n) is 8.97. The van der Waals surface area contributed by atoms with Gasteiger partial charge in [-0.3, -0.25) is 4.79 Å². The molecule has 0 saturated heterocycles. The molecule has 0 spiro atoms. The SMILES string of the molecule is COc1ccc(-c2nn(-c3ccccc3)cc2/C=c2\sc3ncnn3c2=O)cc1Br. The number of nitrogens with zero attached hydrogens (tertiary/aromatic N) is 5. The molecule has 148 valence electrons. The largest absolute Gasteiger partial charge is 0.496 e. The van der Waals surface area contributed by atoms with Crippen molar-refractivity contribution in [1.29, 1.82) is 0 Å². The topological polar surface area (TPSA) is 74.3 Å². The summed E-state index contributed by atoms with van der Waals surface area (Å²) in [6.07, 6.45) is 5.13. The average Bonchev–Trinajstić information content (AvgIpc) is 3.46. The van der Waals surface area contributed by atoms with Crippen LogP contribution in [-0.2, 0) is 0 Å². The molecular formula is C21H14BrN5O2S. The maximum atomic E-state index is 12.6. The maximum absolute atomic E-state index is 12.6. The second-order valence-corrected chi connectivity index (χ2v) is 8.30. The first-order chi connectivity index (χ1) is 14.6. The molecule has 2 aromatic carbocycles. The lowest BCUT2D eigenvalue weighted by molar-refractivity contribution is 0.412. The molecule has 0 fully saturated rings. The molecule has 0 aliphatic rings. The zero-order valence-electron chi connectivity index (χ0n) is 15.7. The molecule has 30 heavy (non-hydrogen) atoms. The number of ether oxygens (including phenoxy) is 1. The lowest BCUT2D eigenvalue weighted by atomic mass is 10.1. The number of thiazole rings is 1. The highest BCUT2D eigenvalue weighted by Crippen LogP contribution is 2.32. The molecule has 5 rings (SSSR count). The van der Waals surface area contributed by atoms with Crippen LogP contribution in [0.2, 0.25) is 0 Å². The van der Waals surface area contributed by atoms with E-state index in [1.807, 2.05) is 60.8 Å². The second-order valence-electron chi connectivity index (χ2n) is 6.43. The van der Waals surface area contributed by atoms with E-state index >= 15 is 0 Å². The lowest BCUT2D eigenvalue weighted by Crippen LogP contribution is -2.23. The monoisotopic (exact) mass is 479 g/mol. The highest BCUT2D eigenvalue weighted by atomic mass is 79.9. The van der Waals surface area contributed by atoms with Crippen LogP contribution in [-0.4, -0.2) is 31.5 Å². The molecule has 0 bridgehead atoms. The first-order valence-corrected chi connectivity index (χ1v) is 10.6. The van der Waals surface area contributed by atoms with Crippen LogP contribution in [0.1, 0.15) is 5.56 Å². The van der Waals surface area contributed by atoms with Crippen LogP contribution in [0.5, 0.6) is 5.75 Å². The number of halogens is 1. The van der Waals surface area contributed by atoms with Gasteiger partial charge < -0.3 is 4.74 Å². The predicted molar refractivity (Wildman–Crippen MR) is 119 cm³/mol. The average molecular weight is 480 g/mol. The molecule has 5 aromatic rings. The number of fused-ring (bicyclic) bond motifs is 1. The van der Waals surface area contributed by atoms with Gasteiger partial charge in [-0.15, -0.1) is 0 Å². The smallest absolute Gasteiger partial charge is 0.291 e. The molecule has 7 nitrogen and oxygen atoms in total. The van der Waals surface area contributed by atoms with E-state index in [9.17, 15) is 4.79 Å². The van der Waals surface area contributed by atoms with E-state index in [0.29, 0.717) is 9.49 Å². The summed E-state index contributed by atoms with van der Waals surface area (Å²) in [5.74, 6) is 0.735. The van der Waals surface area contributed by atoms with Gasteiger partial charge >= 0.3 is 0 Å². The van der Waals surface area contributed by atoms with Gasteiger partial charge in [0, 0.05) is 17.3 Å². The van der Waals surface area contributed by atoms with Crippen molar-refractivity contribution in [3.8, 4) is 22.7 Å². The Balaban J connectivity index is 1.72. The van der Waals surface area contributed by atoms with E-state index in [1.165, 1.54) is 22.2 Å². The van der Waals surface area contributed by atoms with Crippen LogP contribution in [0.15, 0.2) is 70.3 Å². The number of hydrogen-bond acceptors (Lipinski definition) is 6. The maximum Gasteiger partial charge on any atom is 0.291 e. The van der Waals surface area contributed by atoms with Crippen molar-refractivity contribution in [2.24, 2.45) is 0 Å². The van der Waals surface area contributed by atoms with Gasteiger partial charge in [0.25, 0.3) is 5.56 Å². The summed E-state index contributed by atoms with van der Waals surface area (Å²) >= 11 is 4.84. The van der Waals surface area contributed by atoms with E-state index in [4.69, 9.17) is 9.84 Å². The minimum absolute atomic E-state index is 0.193. The Morgan fingerprint density at radius 3 is 2.73 bits per heavy atom. The lowest BCUT2D eigenvalue weighted by Gasteiger charge is -2.05. The Kier molecular flexibility index (Phi) is 4.68. The normalized spacial score (nSPS) is 12.0. The summed E-state index contributed by atoms with van der Waals surface area (Å²) in [6.45, 7) is 0. The van der Waals surface area contributed by atoms with Crippen LogP contribution >= 0.6 is 27.3 Å². The number of rotatable bonds is 4. The predicted octanol–water partition coefficient (Wildman–Crippen LogP) is 3.32. The van der Waals surface area contributed by atoms with Crippen molar-refractivity contribution in [2.45, 2.75) is 0 Å². The molecule has 0 radical (unpaired) electrons. The molecule has 9 heteroatoms. The highest BCUT2D eigenvalue weighted by Gasteiger charge is 2.14. The van der Waals surface area contributed by atoms with Crippen molar-refractivity contribution in [1.82, 2.24) is 24.4 Å². The summed E-state index contributed by atoms with van der Waals surface area (Å²) in [4.78, 5) is 17.3. The van der Waals surface area contributed by atoms with Crippen LogP contribution in [0, 0.1) is 0 Å². The first kappa shape index (κ1) is 18.7. The highest BCUT2D eigenvalue weighted by molar-refractivity contribution is 9.10. The molecule has 0 N–H and O–H groups in total. The zero-order valence-corrected chi connectivity index (χ0v) is 18.1. The second kappa shape index (κ2) is 7.51. The summed E-state index contributed by atoms with van der Waals surface area (Å²) in [5.41, 5.74) is 3.20. The number of para-hydroxylation sites is 1. The molecule has 0 aliphatic carbocycles. The van der Waals surface area contributed by atoms with Gasteiger partial charge in [0.1, 0.15) is 17.8 Å². The quantitative estimate of drug-likeness (QED) is 0.395. The Labute approximate surface area is 183 Å². The summed E-state index contributed by atoms with van der Waals surface area (Å²) < 4.78 is 9.83. The molecule has 0 saturated carbocycles. The van der Waals surface area contributed by atoms with Gasteiger partial charge in [-0.05, 0) is 52.3 Å². The van der Waals surface area contributed by atoms with E-state index in [-0.39, 0.29) is 5.56 Å². The van der Waals surface area contributed by atoms with Crippen LogP contribution in [0.3, 0.4) is 0 Å². The Morgan fingerprint density at radius 1 is 1.17 bits per heavy atom.